The fourth-order valence-electron chi connectivity index (χ4n) is 3.72. The first-order valence-electron chi connectivity index (χ1n) is 10.8. The molecule has 1 fully saturated rings. The first-order chi connectivity index (χ1) is 15.6. The summed E-state index contributed by atoms with van der Waals surface area (Å²) in [5, 5.41) is 4.76. The van der Waals surface area contributed by atoms with Gasteiger partial charge in [-0.2, -0.15) is 0 Å². The molecule has 0 bridgehead atoms. The number of hydrogen-bond donors (Lipinski definition) is 0. The van der Waals surface area contributed by atoms with Gasteiger partial charge >= 0.3 is 0 Å². The van der Waals surface area contributed by atoms with E-state index in [2.05, 4.69) is 27.2 Å². The molecule has 0 spiro atoms. The third-order valence-corrected chi connectivity index (χ3v) is 6.61. The molecule has 1 aliphatic heterocycles. The molecule has 0 aliphatic carbocycles. The first-order valence-corrected chi connectivity index (χ1v) is 11.8. The van der Waals surface area contributed by atoms with Crippen LogP contribution in [0.1, 0.15) is 27.4 Å². The average Bonchev–Trinajstić information content (AvgIpc) is 3.27. The van der Waals surface area contributed by atoms with Crippen LogP contribution in [0.4, 0.5) is 0 Å². The van der Waals surface area contributed by atoms with Gasteiger partial charge < -0.3 is 14.2 Å². The smallest absolute Gasteiger partial charge is 0.256 e. The zero-order valence-electron chi connectivity index (χ0n) is 18.5. The lowest BCUT2D eigenvalue weighted by Gasteiger charge is -2.35. The molecular formula is C24H28N4O3S. The minimum absolute atomic E-state index is 0.0479. The van der Waals surface area contributed by atoms with Gasteiger partial charge in [0.1, 0.15) is 16.5 Å². The van der Waals surface area contributed by atoms with Gasteiger partial charge in [0.05, 0.1) is 18.4 Å². The highest BCUT2D eigenvalue weighted by atomic mass is 32.2. The van der Waals surface area contributed by atoms with Crippen LogP contribution >= 0.6 is 11.8 Å². The third kappa shape index (κ3) is 5.69. The number of benzene rings is 1. The van der Waals surface area contributed by atoms with Gasteiger partial charge in [-0.3, -0.25) is 9.69 Å². The van der Waals surface area contributed by atoms with Crippen LogP contribution in [0.15, 0.2) is 58.2 Å². The van der Waals surface area contributed by atoms with Gasteiger partial charge in [-0.25, -0.2) is 4.98 Å². The lowest BCUT2D eigenvalue weighted by atomic mass is 10.1. The molecule has 3 aromatic rings. The largest absolute Gasteiger partial charge is 0.497 e. The summed E-state index contributed by atoms with van der Waals surface area (Å²) in [7, 11) is 1.68. The molecule has 1 saturated heterocycles. The molecule has 0 radical (unpaired) electrons. The van der Waals surface area contributed by atoms with Crippen LogP contribution in [0.2, 0.25) is 0 Å². The van der Waals surface area contributed by atoms with E-state index < -0.39 is 0 Å². The monoisotopic (exact) mass is 452 g/mol. The number of rotatable bonds is 8. The summed E-state index contributed by atoms with van der Waals surface area (Å²) in [6.07, 6.45) is 2.72. The van der Waals surface area contributed by atoms with Crippen molar-refractivity contribution in [2.24, 2.45) is 0 Å². The van der Waals surface area contributed by atoms with Crippen LogP contribution in [-0.2, 0) is 12.2 Å². The van der Waals surface area contributed by atoms with Gasteiger partial charge in [-0.05, 0) is 43.2 Å². The number of methoxy groups -OCH3 is 1. The van der Waals surface area contributed by atoms with E-state index in [-0.39, 0.29) is 5.91 Å². The molecule has 32 heavy (non-hydrogen) atoms. The molecule has 2 aromatic heterocycles. The summed E-state index contributed by atoms with van der Waals surface area (Å²) in [6, 6.07) is 13.8. The van der Waals surface area contributed by atoms with Crippen molar-refractivity contribution in [3.63, 3.8) is 0 Å². The van der Waals surface area contributed by atoms with E-state index in [1.165, 1.54) is 17.3 Å². The van der Waals surface area contributed by atoms with E-state index in [4.69, 9.17) is 9.26 Å². The maximum Gasteiger partial charge on any atom is 0.256 e. The van der Waals surface area contributed by atoms with Crippen LogP contribution in [0.3, 0.4) is 0 Å². The Balaban J connectivity index is 1.29. The summed E-state index contributed by atoms with van der Waals surface area (Å²) in [4.78, 5) is 22.0. The van der Waals surface area contributed by atoms with Crippen molar-refractivity contribution in [3.05, 3.63) is 71.2 Å². The second-order valence-corrected chi connectivity index (χ2v) is 8.77. The van der Waals surface area contributed by atoms with Crippen molar-refractivity contribution < 1.29 is 14.1 Å². The Morgan fingerprint density at radius 1 is 1.16 bits per heavy atom. The average molecular weight is 453 g/mol. The number of hydrogen-bond acceptors (Lipinski definition) is 7. The van der Waals surface area contributed by atoms with Crippen LogP contribution < -0.4 is 4.74 Å². The van der Waals surface area contributed by atoms with Crippen LogP contribution in [0, 0.1) is 6.92 Å². The number of aromatic nitrogens is 2. The Kier molecular flexibility index (Phi) is 7.44. The van der Waals surface area contributed by atoms with Gasteiger partial charge in [0.2, 0.25) is 0 Å². The van der Waals surface area contributed by atoms with Gasteiger partial charge in [-0.15, -0.1) is 0 Å². The lowest BCUT2D eigenvalue weighted by Crippen LogP contribution is -2.49. The molecule has 0 saturated carbocycles. The van der Waals surface area contributed by atoms with Crippen molar-refractivity contribution in [2.45, 2.75) is 24.1 Å². The van der Waals surface area contributed by atoms with Gasteiger partial charge in [-0.1, -0.05) is 29.1 Å². The van der Waals surface area contributed by atoms with E-state index in [1.807, 2.05) is 42.2 Å². The maximum absolute atomic E-state index is 13.2. The fraction of sp³-hybridized carbons (Fsp3) is 0.375. The van der Waals surface area contributed by atoms with Crippen molar-refractivity contribution >= 4 is 17.7 Å². The lowest BCUT2D eigenvalue weighted by molar-refractivity contribution is 0.0634. The summed E-state index contributed by atoms with van der Waals surface area (Å²) in [6.45, 7) is 6.06. The molecule has 7 nitrogen and oxygen atoms in total. The number of carbonyl (C=O) groups is 1. The number of nitrogens with zero attached hydrogens (tertiary/aromatic N) is 4. The highest BCUT2D eigenvalue weighted by Gasteiger charge is 2.24. The number of pyridine rings is 1. The number of thioether (sulfide) groups is 1. The van der Waals surface area contributed by atoms with Crippen molar-refractivity contribution in [3.8, 4) is 5.75 Å². The van der Waals surface area contributed by atoms with Crippen LogP contribution in [0.25, 0.3) is 0 Å². The Hall–Kier alpha value is -2.84. The van der Waals surface area contributed by atoms with Crippen molar-refractivity contribution in [2.75, 3.05) is 39.8 Å². The molecule has 0 unspecified atom stereocenters. The van der Waals surface area contributed by atoms with Gasteiger partial charge in [0.25, 0.3) is 5.91 Å². The first kappa shape index (κ1) is 22.4. The molecular weight excluding hydrogens is 424 g/mol. The highest BCUT2D eigenvalue weighted by Crippen LogP contribution is 2.25. The van der Waals surface area contributed by atoms with E-state index in [1.54, 1.807) is 13.3 Å². The Morgan fingerprint density at radius 3 is 2.62 bits per heavy atom. The predicted octanol–water partition coefficient (Wildman–Crippen LogP) is 3.68. The molecule has 1 aromatic carbocycles. The van der Waals surface area contributed by atoms with E-state index in [9.17, 15) is 4.79 Å². The summed E-state index contributed by atoms with van der Waals surface area (Å²) in [5.74, 6) is 2.33. The SMILES string of the molecule is COc1ccc(CCN2CCN(C(=O)c3cccnc3SCc3cc(C)on3)CC2)cc1. The number of aryl methyl sites for hydroxylation is 1. The quantitative estimate of drug-likeness (QED) is 0.483. The third-order valence-electron chi connectivity index (χ3n) is 5.57. The van der Waals surface area contributed by atoms with E-state index >= 15 is 0 Å². The van der Waals surface area contributed by atoms with Gasteiger partial charge in [0, 0.05) is 50.7 Å². The summed E-state index contributed by atoms with van der Waals surface area (Å²) < 4.78 is 10.3. The molecule has 8 heteroatoms. The second-order valence-electron chi connectivity index (χ2n) is 7.81. The summed E-state index contributed by atoms with van der Waals surface area (Å²) >= 11 is 1.51. The summed E-state index contributed by atoms with van der Waals surface area (Å²) in [5.41, 5.74) is 2.80. The number of carbonyl (C=O) groups excluding carboxylic acids is 1. The van der Waals surface area contributed by atoms with Crippen molar-refractivity contribution in [1.29, 1.82) is 0 Å². The Labute approximate surface area is 192 Å². The van der Waals surface area contributed by atoms with E-state index in [0.717, 1.165) is 61.4 Å². The normalized spacial score (nSPS) is 14.5. The van der Waals surface area contributed by atoms with E-state index in [0.29, 0.717) is 11.3 Å². The Bertz CT molecular complexity index is 1030. The molecule has 0 atom stereocenters. The molecule has 4 rings (SSSR count). The molecule has 168 valence electrons. The molecule has 0 N–H and O–H groups in total. The zero-order chi connectivity index (χ0) is 22.3. The number of ether oxygens (including phenoxy) is 1. The standard InChI is InChI=1S/C24H28N4O3S/c1-18-16-20(26-31-18)17-32-23-22(4-3-10-25-23)24(29)28-14-12-27(13-15-28)11-9-19-5-7-21(30-2)8-6-19/h3-8,10,16H,9,11-15,17H2,1-2H3. The number of amides is 1. The highest BCUT2D eigenvalue weighted by molar-refractivity contribution is 7.98. The number of piperazine rings is 1. The zero-order valence-corrected chi connectivity index (χ0v) is 19.3. The second kappa shape index (κ2) is 10.7. The fourth-order valence-corrected chi connectivity index (χ4v) is 4.59. The maximum atomic E-state index is 13.2. The Morgan fingerprint density at radius 2 is 1.94 bits per heavy atom. The molecule has 1 aliphatic rings. The van der Waals surface area contributed by atoms with Crippen LogP contribution in [0.5, 0.6) is 5.75 Å². The predicted molar refractivity (Wildman–Crippen MR) is 124 cm³/mol. The molecule has 1 amide bonds. The minimum Gasteiger partial charge on any atom is -0.497 e. The van der Waals surface area contributed by atoms with Gasteiger partial charge in [0.15, 0.2) is 0 Å². The minimum atomic E-state index is 0.0479. The molecule has 3 heterocycles. The van der Waals surface area contributed by atoms with Crippen molar-refractivity contribution in [1.82, 2.24) is 19.9 Å². The van der Waals surface area contributed by atoms with Crippen LogP contribution in [-0.4, -0.2) is 65.7 Å². The topological polar surface area (TPSA) is 71.7 Å².